The van der Waals surface area contributed by atoms with E-state index in [4.69, 9.17) is 4.42 Å². The van der Waals surface area contributed by atoms with Crippen LogP contribution in [0, 0.1) is 0 Å². The van der Waals surface area contributed by atoms with Gasteiger partial charge in [-0.1, -0.05) is 17.8 Å². The summed E-state index contributed by atoms with van der Waals surface area (Å²) in [5.41, 5.74) is 1.56. The van der Waals surface area contributed by atoms with Gasteiger partial charge in [-0.3, -0.25) is 0 Å². The van der Waals surface area contributed by atoms with Gasteiger partial charge in [0.1, 0.15) is 5.52 Å². The van der Waals surface area contributed by atoms with Gasteiger partial charge in [0.15, 0.2) is 5.58 Å². The summed E-state index contributed by atoms with van der Waals surface area (Å²) in [5, 5.41) is 0.511. The molecule has 1 aromatic heterocycles. The maximum atomic E-state index is 10.6. The quantitative estimate of drug-likeness (QED) is 0.391. The smallest absolute Gasteiger partial charge is 0.748 e. The molecule has 0 N–H and O–H groups in total. The van der Waals surface area contributed by atoms with Crippen molar-refractivity contribution in [2.75, 3.05) is 6.26 Å². The van der Waals surface area contributed by atoms with Gasteiger partial charge in [0, 0.05) is 0 Å². The van der Waals surface area contributed by atoms with E-state index in [-0.39, 0.29) is 29.6 Å². The fourth-order valence-corrected chi connectivity index (χ4v) is 2.28. The van der Waals surface area contributed by atoms with Crippen molar-refractivity contribution in [1.82, 2.24) is 4.98 Å². The number of oxazole rings is 1. The third-order valence-corrected chi connectivity index (χ3v) is 3.16. The minimum Gasteiger partial charge on any atom is -0.748 e. The molecule has 0 amide bonds. The first-order valence-corrected chi connectivity index (χ1v) is 7.15. The van der Waals surface area contributed by atoms with Crippen LogP contribution in [-0.2, 0) is 15.9 Å². The zero-order chi connectivity index (χ0) is 11.8. The molecule has 0 aliphatic carbocycles. The first kappa shape index (κ1) is 15.0. The van der Waals surface area contributed by atoms with Crippen LogP contribution in [0.3, 0.4) is 0 Å². The van der Waals surface area contributed by atoms with Crippen molar-refractivity contribution in [3.05, 3.63) is 23.8 Å². The maximum absolute atomic E-state index is 10.6. The third-order valence-electron chi connectivity index (χ3n) is 1.95. The molecule has 2 aromatic rings. The number of rotatable bonds is 3. The molecule has 8 heteroatoms. The van der Waals surface area contributed by atoms with E-state index in [0.717, 1.165) is 0 Å². The summed E-state index contributed by atoms with van der Waals surface area (Å²) in [6.45, 7) is 0. The number of aromatic nitrogens is 1. The molecule has 2 rings (SSSR count). The fraction of sp³-hybridized carbons (Fsp3) is 0.222. The summed E-state index contributed by atoms with van der Waals surface area (Å²) in [6, 6.07) is 4.71. The number of hydrogen-bond acceptors (Lipinski definition) is 6. The summed E-state index contributed by atoms with van der Waals surface area (Å²) in [7, 11) is -4.26. The molecule has 0 spiro atoms. The Morgan fingerprint density at radius 3 is 2.76 bits per heavy atom. The Labute approximate surface area is 125 Å². The average Bonchev–Trinajstić information content (AvgIpc) is 2.57. The normalized spacial score (nSPS) is 11.4. The van der Waals surface area contributed by atoms with Crippen LogP contribution in [0.15, 0.2) is 27.8 Å². The number of fused-ring (bicyclic) bond motifs is 1. The molecule has 0 bridgehead atoms. The molecule has 86 valence electrons. The van der Waals surface area contributed by atoms with E-state index in [2.05, 4.69) is 4.98 Å². The van der Waals surface area contributed by atoms with Gasteiger partial charge in [-0.15, -0.1) is 0 Å². The molecule has 0 aliphatic heterocycles. The van der Waals surface area contributed by atoms with Crippen LogP contribution in [0.4, 0.5) is 0 Å². The van der Waals surface area contributed by atoms with Crippen molar-refractivity contribution in [2.45, 2.75) is 11.0 Å². The summed E-state index contributed by atoms with van der Waals surface area (Å²) < 4.78 is 37.1. The molecule has 0 unspecified atom stereocenters. The Bertz CT molecular complexity index is 623. The van der Waals surface area contributed by atoms with E-state index < -0.39 is 15.9 Å². The second kappa shape index (κ2) is 5.73. The third kappa shape index (κ3) is 3.97. The first-order chi connectivity index (χ1) is 7.48. The molecule has 0 aliphatic rings. The van der Waals surface area contributed by atoms with Crippen LogP contribution < -0.4 is 29.6 Å². The molecule has 0 fully saturated rings. The van der Waals surface area contributed by atoms with Gasteiger partial charge in [0.25, 0.3) is 5.22 Å². The van der Waals surface area contributed by atoms with Gasteiger partial charge < -0.3 is 8.97 Å². The average molecular weight is 281 g/mol. The van der Waals surface area contributed by atoms with E-state index >= 15 is 0 Å². The molecule has 1 aromatic carbocycles. The monoisotopic (exact) mass is 281 g/mol. The molecule has 1 heterocycles. The molecule has 17 heavy (non-hydrogen) atoms. The molecule has 0 atom stereocenters. The van der Waals surface area contributed by atoms with E-state index in [1.807, 2.05) is 6.26 Å². The largest absolute Gasteiger partial charge is 1.00 e. The van der Waals surface area contributed by atoms with Crippen molar-refractivity contribution in [2.24, 2.45) is 0 Å². The van der Waals surface area contributed by atoms with Gasteiger partial charge in [-0.05, 0) is 24.0 Å². The Hall–Kier alpha value is -0.0500. The van der Waals surface area contributed by atoms with Gasteiger partial charge in [-0.2, -0.15) is 0 Å². The Morgan fingerprint density at radius 1 is 1.47 bits per heavy atom. The summed E-state index contributed by atoms with van der Waals surface area (Å²) in [5.74, 6) is -0.523. The summed E-state index contributed by atoms with van der Waals surface area (Å²) >= 11 is 1.36. The van der Waals surface area contributed by atoms with Crippen molar-refractivity contribution < 1.29 is 46.9 Å². The number of thioether (sulfide) groups is 1. The number of hydrogen-bond donors (Lipinski definition) is 0. The number of benzene rings is 1. The summed E-state index contributed by atoms with van der Waals surface area (Å²) in [6.07, 6.45) is 1.83. The Kier molecular flexibility index (Phi) is 5.06. The second-order valence-electron chi connectivity index (χ2n) is 3.19. The van der Waals surface area contributed by atoms with Crippen LogP contribution >= 0.6 is 11.8 Å². The minimum atomic E-state index is -4.26. The first-order valence-electron chi connectivity index (χ1n) is 4.35. The predicted octanol–water partition coefficient (Wildman–Crippen LogP) is -1.40. The van der Waals surface area contributed by atoms with Crippen molar-refractivity contribution in [1.29, 1.82) is 0 Å². The van der Waals surface area contributed by atoms with Crippen LogP contribution in [0.2, 0.25) is 0 Å². The van der Waals surface area contributed by atoms with Crippen LogP contribution in [-0.4, -0.2) is 24.2 Å². The summed E-state index contributed by atoms with van der Waals surface area (Å²) in [4.78, 5) is 4.12. The fourth-order valence-electron chi connectivity index (χ4n) is 1.33. The maximum Gasteiger partial charge on any atom is 1.00 e. The van der Waals surface area contributed by atoms with Gasteiger partial charge >= 0.3 is 29.6 Å². The topological polar surface area (TPSA) is 83.2 Å². The van der Waals surface area contributed by atoms with Crippen LogP contribution in [0.5, 0.6) is 0 Å². The minimum absolute atomic E-state index is 0. The number of nitrogens with zero attached hydrogens (tertiary/aromatic N) is 1. The van der Waals surface area contributed by atoms with Gasteiger partial charge in [0.05, 0.1) is 15.9 Å². The van der Waals surface area contributed by atoms with E-state index in [1.165, 1.54) is 11.8 Å². The van der Waals surface area contributed by atoms with Crippen LogP contribution in [0.1, 0.15) is 5.56 Å². The van der Waals surface area contributed by atoms with Crippen LogP contribution in [0.25, 0.3) is 11.1 Å². The zero-order valence-corrected chi connectivity index (χ0v) is 13.0. The molecule has 5 nitrogen and oxygen atoms in total. The van der Waals surface area contributed by atoms with E-state index in [0.29, 0.717) is 21.9 Å². The van der Waals surface area contributed by atoms with Gasteiger partial charge in [0.2, 0.25) is 0 Å². The molecule has 0 saturated heterocycles. The molecular weight excluding hydrogens is 273 g/mol. The van der Waals surface area contributed by atoms with E-state index in [1.54, 1.807) is 18.2 Å². The zero-order valence-electron chi connectivity index (χ0n) is 9.34. The Balaban J connectivity index is 0.00000144. The standard InChI is InChI=1S/C9H9NO4S2.Na/c1-15-9-10-7-4-6(5-16(11,12)13)2-3-8(7)14-9;/h2-4H,5H2,1H3,(H,11,12,13);/q;+1/p-1. The SMILES string of the molecule is CSc1nc2cc(CS(=O)(=O)[O-])ccc2o1.[Na+]. The molecular formula is C9H8NNaO4S2. The van der Waals surface area contributed by atoms with Crippen molar-refractivity contribution in [3.63, 3.8) is 0 Å². The van der Waals surface area contributed by atoms with Crippen molar-refractivity contribution in [3.8, 4) is 0 Å². The van der Waals surface area contributed by atoms with Gasteiger partial charge in [-0.25, -0.2) is 13.4 Å². The predicted molar refractivity (Wildman–Crippen MR) is 59.2 cm³/mol. The van der Waals surface area contributed by atoms with Crippen molar-refractivity contribution >= 4 is 33.0 Å². The Morgan fingerprint density at radius 2 is 2.18 bits per heavy atom. The van der Waals surface area contributed by atoms with E-state index in [9.17, 15) is 13.0 Å². The molecule has 0 radical (unpaired) electrons. The molecule has 0 saturated carbocycles. The second-order valence-corrected chi connectivity index (χ2v) is 5.35.